The van der Waals surface area contributed by atoms with Gasteiger partial charge in [-0.2, -0.15) is 9.97 Å². The molecule has 1 aliphatic rings. The van der Waals surface area contributed by atoms with E-state index in [0.29, 0.717) is 32.8 Å². The molecule has 9 heteroatoms. The summed E-state index contributed by atoms with van der Waals surface area (Å²) in [6.45, 7) is 5.93. The summed E-state index contributed by atoms with van der Waals surface area (Å²) in [7, 11) is 0. The van der Waals surface area contributed by atoms with Gasteiger partial charge in [-0.3, -0.25) is 10.1 Å². The molecule has 0 aromatic carbocycles. The molecular weight excluding hydrogens is 286 g/mol. The number of nitro groups is 1. The number of rotatable bonds is 5. The summed E-state index contributed by atoms with van der Waals surface area (Å²) >= 11 is 5.86. The Balaban J connectivity index is 2.44. The molecular formula is C11H14ClN5O3. The third-order valence-electron chi connectivity index (χ3n) is 2.75. The van der Waals surface area contributed by atoms with E-state index in [2.05, 4.69) is 21.9 Å². The Kier molecular flexibility index (Phi) is 4.70. The first kappa shape index (κ1) is 14.5. The van der Waals surface area contributed by atoms with Crippen LogP contribution in [0, 0.1) is 10.1 Å². The molecule has 0 aliphatic carbocycles. The molecule has 1 aromatic heterocycles. The van der Waals surface area contributed by atoms with Crippen LogP contribution in [0.4, 0.5) is 17.3 Å². The molecule has 0 spiro atoms. The molecule has 2 heterocycles. The van der Waals surface area contributed by atoms with Gasteiger partial charge >= 0.3 is 5.69 Å². The number of morpholine rings is 1. The maximum absolute atomic E-state index is 11.3. The van der Waals surface area contributed by atoms with Crippen LogP contribution in [0.3, 0.4) is 0 Å². The molecule has 2 rings (SSSR count). The van der Waals surface area contributed by atoms with Crippen molar-refractivity contribution in [2.75, 3.05) is 43.1 Å². The second-order valence-corrected chi connectivity index (χ2v) is 4.38. The second-order valence-electron chi connectivity index (χ2n) is 4.04. The van der Waals surface area contributed by atoms with Gasteiger partial charge < -0.3 is 15.0 Å². The Morgan fingerprint density at radius 3 is 2.80 bits per heavy atom. The number of anilines is 2. The monoisotopic (exact) mass is 299 g/mol. The van der Waals surface area contributed by atoms with E-state index in [1.54, 1.807) is 11.0 Å². The minimum atomic E-state index is -0.507. The lowest BCUT2D eigenvalue weighted by Crippen LogP contribution is -2.37. The fourth-order valence-electron chi connectivity index (χ4n) is 1.87. The average Bonchev–Trinajstić information content (AvgIpc) is 2.45. The summed E-state index contributed by atoms with van der Waals surface area (Å²) in [5, 5.41) is 14.1. The predicted molar refractivity (Wildman–Crippen MR) is 75.4 cm³/mol. The number of hydrogen-bond acceptors (Lipinski definition) is 7. The van der Waals surface area contributed by atoms with Gasteiger partial charge in [0.1, 0.15) is 0 Å². The molecule has 20 heavy (non-hydrogen) atoms. The molecule has 0 atom stereocenters. The Morgan fingerprint density at radius 1 is 1.50 bits per heavy atom. The number of halogens is 1. The molecule has 1 aliphatic heterocycles. The molecule has 8 nitrogen and oxygen atoms in total. The van der Waals surface area contributed by atoms with Crippen LogP contribution >= 0.6 is 11.6 Å². The zero-order valence-electron chi connectivity index (χ0n) is 10.7. The Bertz CT molecular complexity index is 519. The lowest BCUT2D eigenvalue weighted by atomic mass is 10.3. The average molecular weight is 300 g/mol. The Hall–Kier alpha value is -1.93. The van der Waals surface area contributed by atoms with Gasteiger partial charge in [-0.25, -0.2) is 0 Å². The van der Waals surface area contributed by atoms with Crippen molar-refractivity contribution in [3.63, 3.8) is 0 Å². The highest BCUT2D eigenvalue weighted by atomic mass is 35.5. The summed E-state index contributed by atoms with van der Waals surface area (Å²) in [4.78, 5) is 20.5. The molecule has 1 N–H and O–H groups in total. The molecule has 1 fully saturated rings. The standard InChI is InChI=1S/C11H14ClN5O3/c1-2-3-13-9-8(17(18)19)10(15-11(12)14-9)16-4-6-20-7-5-16/h2H,1,3-7H2,(H,13,14,15). The van der Waals surface area contributed by atoms with E-state index in [9.17, 15) is 10.1 Å². The number of hydrogen-bond donors (Lipinski definition) is 1. The van der Waals surface area contributed by atoms with Gasteiger partial charge in [0.2, 0.25) is 16.9 Å². The van der Waals surface area contributed by atoms with Crippen LogP contribution in [-0.4, -0.2) is 47.7 Å². The van der Waals surface area contributed by atoms with Crippen LogP contribution in [-0.2, 0) is 4.74 Å². The van der Waals surface area contributed by atoms with Crippen molar-refractivity contribution < 1.29 is 9.66 Å². The maximum Gasteiger partial charge on any atom is 0.353 e. The highest BCUT2D eigenvalue weighted by Gasteiger charge is 2.29. The van der Waals surface area contributed by atoms with E-state index < -0.39 is 4.92 Å². The topological polar surface area (TPSA) is 93.4 Å². The molecule has 0 bridgehead atoms. The van der Waals surface area contributed by atoms with Crippen molar-refractivity contribution in [1.29, 1.82) is 0 Å². The summed E-state index contributed by atoms with van der Waals surface area (Å²) in [5.74, 6) is 0.307. The van der Waals surface area contributed by atoms with Crippen LogP contribution in [0.5, 0.6) is 0 Å². The summed E-state index contributed by atoms with van der Waals surface area (Å²) in [6.07, 6.45) is 1.58. The van der Waals surface area contributed by atoms with E-state index in [0.717, 1.165) is 0 Å². The van der Waals surface area contributed by atoms with E-state index in [4.69, 9.17) is 16.3 Å². The van der Waals surface area contributed by atoms with Crippen molar-refractivity contribution in [1.82, 2.24) is 9.97 Å². The first-order valence-electron chi connectivity index (χ1n) is 6.03. The molecule has 0 unspecified atom stereocenters. The van der Waals surface area contributed by atoms with Crippen LogP contribution in [0.15, 0.2) is 12.7 Å². The first-order valence-corrected chi connectivity index (χ1v) is 6.40. The van der Waals surface area contributed by atoms with Crippen molar-refractivity contribution in [3.8, 4) is 0 Å². The largest absolute Gasteiger partial charge is 0.378 e. The Morgan fingerprint density at radius 2 is 2.20 bits per heavy atom. The Labute approximate surface area is 120 Å². The maximum atomic E-state index is 11.3. The molecule has 1 saturated heterocycles. The molecule has 0 amide bonds. The lowest BCUT2D eigenvalue weighted by molar-refractivity contribution is -0.383. The SMILES string of the molecule is C=CCNc1nc(Cl)nc(N2CCOCC2)c1[N+](=O)[O-]. The van der Waals surface area contributed by atoms with Crippen LogP contribution in [0.25, 0.3) is 0 Å². The van der Waals surface area contributed by atoms with Crippen molar-refractivity contribution in [2.24, 2.45) is 0 Å². The third-order valence-corrected chi connectivity index (χ3v) is 2.91. The third kappa shape index (κ3) is 3.14. The van der Waals surface area contributed by atoms with Crippen molar-refractivity contribution in [3.05, 3.63) is 28.1 Å². The van der Waals surface area contributed by atoms with Crippen molar-refractivity contribution >= 4 is 28.9 Å². The first-order chi connectivity index (χ1) is 9.63. The second kappa shape index (κ2) is 6.49. The number of nitrogens with zero attached hydrogens (tertiary/aromatic N) is 4. The lowest BCUT2D eigenvalue weighted by Gasteiger charge is -2.27. The van der Waals surface area contributed by atoms with Crippen LogP contribution in [0.2, 0.25) is 5.28 Å². The normalized spacial score (nSPS) is 14.9. The highest BCUT2D eigenvalue weighted by Crippen LogP contribution is 2.34. The highest BCUT2D eigenvalue weighted by molar-refractivity contribution is 6.28. The zero-order chi connectivity index (χ0) is 14.5. The van der Waals surface area contributed by atoms with Gasteiger partial charge in [-0.05, 0) is 11.6 Å². The minimum absolute atomic E-state index is 0.0383. The van der Waals surface area contributed by atoms with E-state index in [-0.39, 0.29) is 22.6 Å². The van der Waals surface area contributed by atoms with Gasteiger partial charge in [0, 0.05) is 19.6 Å². The smallest absolute Gasteiger partial charge is 0.353 e. The molecule has 1 aromatic rings. The summed E-state index contributed by atoms with van der Waals surface area (Å²) in [6, 6.07) is 0. The quantitative estimate of drug-likeness (QED) is 0.381. The van der Waals surface area contributed by atoms with E-state index in [1.807, 2.05) is 0 Å². The number of ether oxygens (including phenoxy) is 1. The van der Waals surface area contributed by atoms with Gasteiger partial charge in [0.25, 0.3) is 0 Å². The summed E-state index contributed by atoms with van der Waals surface area (Å²) < 4.78 is 5.23. The number of aromatic nitrogens is 2. The summed E-state index contributed by atoms with van der Waals surface area (Å²) in [5.41, 5.74) is -0.182. The van der Waals surface area contributed by atoms with E-state index in [1.165, 1.54) is 0 Å². The molecule has 0 saturated carbocycles. The van der Waals surface area contributed by atoms with E-state index >= 15 is 0 Å². The molecule has 0 radical (unpaired) electrons. The molecule has 108 valence electrons. The number of nitrogens with one attached hydrogen (secondary N) is 1. The van der Waals surface area contributed by atoms with Gasteiger partial charge in [-0.1, -0.05) is 6.08 Å². The fraction of sp³-hybridized carbons (Fsp3) is 0.455. The zero-order valence-corrected chi connectivity index (χ0v) is 11.5. The minimum Gasteiger partial charge on any atom is -0.378 e. The predicted octanol–water partition coefficient (Wildman–Crippen LogP) is 1.47. The van der Waals surface area contributed by atoms with Crippen molar-refractivity contribution in [2.45, 2.75) is 0 Å². The fourth-order valence-corrected chi connectivity index (χ4v) is 2.04. The van der Waals surface area contributed by atoms with Crippen LogP contribution in [0.1, 0.15) is 0 Å². The van der Waals surface area contributed by atoms with Gasteiger partial charge in [0.15, 0.2) is 0 Å². The van der Waals surface area contributed by atoms with Gasteiger partial charge in [0.05, 0.1) is 18.1 Å². The van der Waals surface area contributed by atoms with Crippen LogP contribution < -0.4 is 10.2 Å². The van der Waals surface area contributed by atoms with Gasteiger partial charge in [-0.15, -0.1) is 6.58 Å².